The maximum atomic E-state index is 12.6. The van der Waals surface area contributed by atoms with Gasteiger partial charge in [-0.25, -0.2) is 8.42 Å². The SMILES string of the molecule is CCOc1c(Cl)cc(C(=O)Nc2ccc(NS(C)(=O)=O)c(OC)c2)cc1OC. The maximum Gasteiger partial charge on any atom is 0.255 e. The van der Waals surface area contributed by atoms with Gasteiger partial charge >= 0.3 is 0 Å². The number of hydrogen-bond donors (Lipinski definition) is 2. The average molecular weight is 429 g/mol. The summed E-state index contributed by atoms with van der Waals surface area (Å²) < 4.78 is 41.0. The summed E-state index contributed by atoms with van der Waals surface area (Å²) in [5.74, 6) is 0.519. The van der Waals surface area contributed by atoms with Crippen molar-refractivity contribution in [1.82, 2.24) is 0 Å². The van der Waals surface area contributed by atoms with Gasteiger partial charge in [-0.05, 0) is 31.2 Å². The summed E-state index contributed by atoms with van der Waals surface area (Å²) in [5, 5.41) is 2.95. The first-order valence-electron chi connectivity index (χ1n) is 8.16. The van der Waals surface area contributed by atoms with Crippen molar-refractivity contribution >= 4 is 38.9 Å². The van der Waals surface area contributed by atoms with Gasteiger partial charge in [0.25, 0.3) is 5.91 Å². The van der Waals surface area contributed by atoms with Gasteiger partial charge in [-0.1, -0.05) is 11.6 Å². The third-order valence-corrected chi connectivity index (χ3v) is 4.41. The Balaban J connectivity index is 2.28. The number of carbonyl (C=O) groups is 1. The van der Waals surface area contributed by atoms with Gasteiger partial charge < -0.3 is 19.5 Å². The molecule has 0 radical (unpaired) electrons. The van der Waals surface area contributed by atoms with E-state index in [9.17, 15) is 13.2 Å². The van der Waals surface area contributed by atoms with Crippen LogP contribution in [-0.4, -0.2) is 41.4 Å². The van der Waals surface area contributed by atoms with Crippen LogP contribution in [0.4, 0.5) is 11.4 Å². The first-order chi connectivity index (χ1) is 13.2. The van der Waals surface area contributed by atoms with E-state index in [0.29, 0.717) is 23.8 Å². The van der Waals surface area contributed by atoms with Crippen LogP contribution in [0.3, 0.4) is 0 Å². The topological polar surface area (TPSA) is 103 Å². The van der Waals surface area contributed by atoms with Gasteiger partial charge in [0.1, 0.15) is 5.75 Å². The summed E-state index contributed by atoms with van der Waals surface area (Å²) in [4.78, 5) is 12.6. The Bertz CT molecular complexity index is 978. The lowest BCUT2D eigenvalue weighted by atomic mass is 10.1. The summed E-state index contributed by atoms with van der Waals surface area (Å²) in [5.41, 5.74) is 0.932. The molecule has 0 aliphatic heterocycles. The van der Waals surface area contributed by atoms with E-state index < -0.39 is 15.9 Å². The lowest BCUT2D eigenvalue weighted by Gasteiger charge is -2.14. The number of sulfonamides is 1. The fraction of sp³-hybridized carbons (Fsp3) is 0.278. The third kappa shape index (κ3) is 5.43. The van der Waals surface area contributed by atoms with Crippen LogP contribution in [0.5, 0.6) is 17.2 Å². The Hall–Kier alpha value is -2.65. The number of rotatable bonds is 8. The molecule has 0 aromatic heterocycles. The zero-order valence-electron chi connectivity index (χ0n) is 15.8. The quantitative estimate of drug-likeness (QED) is 0.668. The van der Waals surface area contributed by atoms with Crippen LogP contribution in [-0.2, 0) is 10.0 Å². The number of amides is 1. The molecule has 0 saturated heterocycles. The number of carbonyl (C=O) groups excluding carboxylic acids is 1. The van der Waals surface area contributed by atoms with Crippen molar-refractivity contribution in [3.05, 3.63) is 40.9 Å². The van der Waals surface area contributed by atoms with Gasteiger partial charge in [0, 0.05) is 17.3 Å². The number of benzene rings is 2. The molecule has 0 fully saturated rings. The highest BCUT2D eigenvalue weighted by Gasteiger charge is 2.17. The van der Waals surface area contributed by atoms with Crippen molar-refractivity contribution in [2.45, 2.75) is 6.92 Å². The molecule has 0 aliphatic carbocycles. The summed E-state index contributed by atoms with van der Waals surface area (Å²) >= 11 is 6.20. The van der Waals surface area contributed by atoms with E-state index in [1.54, 1.807) is 6.07 Å². The normalized spacial score (nSPS) is 10.9. The molecular weight excluding hydrogens is 408 g/mol. The van der Waals surface area contributed by atoms with Crippen molar-refractivity contribution in [1.29, 1.82) is 0 Å². The van der Waals surface area contributed by atoms with Gasteiger partial charge in [-0.2, -0.15) is 0 Å². The number of ether oxygens (including phenoxy) is 3. The molecule has 8 nitrogen and oxygen atoms in total. The molecule has 2 rings (SSSR count). The Morgan fingerprint density at radius 3 is 2.36 bits per heavy atom. The van der Waals surface area contributed by atoms with E-state index in [0.717, 1.165) is 6.26 Å². The zero-order chi connectivity index (χ0) is 20.9. The van der Waals surface area contributed by atoms with Crippen LogP contribution in [0.25, 0.3) is 0 Å². The zero-order valence-corrected chi connectivity index (χ0v) is 17.4. The minimum absolute atomic E-state index is 0.247. The Morgan fingerprint density at radius 2 is 1.79 bits per heavy atom. The van der Waals surface area contributed by atoms with Crippen LogP contribution in [0.15, 0.2) is 30.3 Å². The third-order valence-electron chi connectivity index (χ3n) is 3.54. The first kappa shape index (κ1) is 21.6. The van der Waals surface area contributed by atoms with Crippen molar-refractivity contribution in [3.8, 4) is 17.2 Å². The van der Waals surface area contributed by atoms with Gasteiger partial charge in [0.2, 0.25) is 10.0 Å². The van der Waals surface area contributed by atoms with Crippen LogP contribution < -0.4 is 24.2 Å². The van der Waals surface area contributed by atoms with E-state index in [2.05, 4.69) is 10.0 Å². The minimum Gasteiger partial charge on any atom is -0.494 e. The van der Waals surface area contributed by atoms with Crippen molar-refractivity contribution in [2.24, 2.45) is 0 Å². The molecule has 10 heteroatoms. The monoisotopic (exact) mass is 428 g/mol. The van der Waals surface area contributed by atoms with E-state index in [1.165, 1.54) is 38.5 Å². The number of nitrogens with one attached hydrogen (secondary N) is 2. The van der Waals surface area contributed by atoms with Gasteiger partial charge in [0.15, 0.2) is 11.5 Å². The van der Waals surface area contributed by atoms with Crippen LogP contribution in [0.1, 0.15) is 17.3 Å². The second-order valence-corrected chi connectivity index (χ2v) is 7.82. The molecule has 2 N–H and O–H groups in total. The molecule has 0 aliphatic rings. The molecule has 0 heterocycles. The maximum absolute atomic E-state index is 12.6. The smallest absolute Gasteiger partial charge is 0.255 e. The fourth-order valence-corrected chi connectivity index (χ4v) is 3.22. The molecule has 1 amide bonds. The Labute approximate surface area is 168 Å². The van der Waals surface area contributed by atoms with Gasteiger partial charge in [-0.15, -0.1) is 0 Å². The summed E-state index contributed by atoms with van der Waals surface area (Å²) in [6.07, 6.45) is 1.03. The fourth-order valence-electron chi connectivity index (χ4n) is 2.39. The molecule has 2 aromatic rings. The largest absolute Gasteiger partial charge is 0.494 e. The Morgan fingerprint density at radius 1 is 1.11 bits per heavy atom. The molecule has 28 heavy (non-hydrogen) atoms. The molecular formula is C18H21ClN2O6S. The number of anilines is 2. The van der Waals surface area contributed by atoms with Crippen LogP contribution >= 0.6 is 11.6 Å². The first-order valence-corrected chi connectivity index (χ1v) is 10.4. The molecule has 0 bridgehead atoms. The standard InChI is InChI=1S/C18H21ClN2O6S/c1-5-27-17-13(19)8-11(9-16(17)26-3)18(22)20-12-6-7-14(15(10-12)25-2)21-28(4,23)24/h6-10,21H,5H2,1-4H3,(H,20,22). The predicted octanol–water partition coefficient (Wildman–Crippen LogP) is 3.38. The highest BCUT2D eigenvalue weighted by molar-refractivity contribution is 7.92. The van der Waals surface area contributed by atoms with E-state index >= 15 is 0 Å². The average Bonchev–Trinajstić information content (AvgIpc) is 2.63. The van der Waals surface area contributed by atoms with Crippen molar-refractivity contribution < 1.29 is 27.4 Å². The number of methoxy groups -OCH3 is 2. The summed E-state index contributed by atoms with van der Waals surface area (Å²) in [6, 6.07) is 7.52. The second-order valence-electron chi connectivity index (χ2n) is 5.67. The minimum atomic E-state index is -3.47. The van der Waals surface area contributed by atoms with E-state index in [-0.39, 0.29) is 22.0 Å². The molecule has 0 spiro atoms. The molecule has 2 aromatic carbocycles. The lowest BCUT2D eigenvalue weighted by Crippen LogP contribution is -2.13. The van der Waals surface area contributed by atoms with Crippen LogP contribution in [0, 0.1) is 0 Å². The predicted molar refractivity (Wildman–Crippen MR) is 109 cm³/mol. The lowest BCUT2D eigenvalue weighted by molar-refractivity contribution is 0.102. The van der Waals surface area contributed by atoms with E-state index in [1.807, 2.05) is 6.92 Å². The Kier molecular flexibility index (Phi) is 6.98. The van der Waals surface area contributed by atoms with Crippen molar-refractivity contribution in [3.63, 3.8) is 0 Å². The molecule has 0 atom stereocenters. The second kappa shape index (κ2) is 9.03. The number of halogens is 1. The van der Waals surface area contributed by atoms with Crippen molar-refractivity contribution in [2.75, 3.05) is 37.1 Å². The van der Waals surface area contributed by atoms with Gasteiger partial charge in [-0.3, -0.25) is 9.52 Å². The number of hydrogen-bond acceptors (Lipinski definition) is 6. The highest BCUT2D eigenvalue weighted by Crippen LogP contribution is 2.37. The molecule has 0 unspecified atom stereocenters. The van der Waals surface area contributed by atoms with E-state index in [4.69, 9.17) is 25.8 Å². The summed E-state index contributed by atoms with van der Waals surface area (Å²) in [6.45, 7) is 2.21. The van der Waals surface area contributed by atoms with Gasteiger partial charge in [0.05, 0.1) is 37.8 Å². The highest BCUT2D eigenvalue weighted by atomic mass is 35.5. The molecule has 152 valence electrons. The molecule has 0 saturated carbocycles. The summed E-state index contributed by atoms with van der Waals surface area (Å²) in [7, 11) is -0.621. The van der Waals surface area contributed by atoms with Crippen LogP contribution in [0.2, 0.25) is 5.02 Å².